The molecule has 2 N–H and O–H groups in total. The van der Waals surface area contributed by atoms with Gasteiger partial charge in [-0.25, -0.2) is 0 Å². The predicted octanol–water partition coefficient (Wildman–Crippen LogP) is 1.94. The molecular formula is C10H13N. The van der Waals surface area contributed by atoms with Crippen molar-refractivity contribution in [3.8, 4) is 0 Å². The van der Waals surface area contributed by atoms with Gasteiger partial charge in [0.25, 0.3) is 0 Å². The summed E-state index contributed by atoms with van der Waals surface area (Å²) in [5, 5.41) is 0. The summed E-state index contributed by atoms with van der Waals surface area (Å²) >= 11 is 0. The van der Waals surface area contributed by atoms with Crippen molar-refractivity contribution in [2.45, 2.75) is 25.8 Å². The summed E-state index contributed by atoms with van der Waals surface area (Å²) in [6, 6.07) is 6.88. The Hall–Kier alpha value is -0.820. The second-order valence-corrected chi connectivity index (χ2v) is 3.35. The summed E-state index contributed by atoms with van der Waals surface area (Å²) in [6.45, 7) is 2.12. The van der Waals surface area contributed by atoms with E-state index in [2.05, 4.69) is 25.1 Å². The Morgan fingerprint density at radius 2 is 2.27 bits per heavy atom. The van der Waals surface area contributed by atoms with Crippen LogP contribution in [-0.2, 0) is 6.42 Å². The van der Waals surface area contributed by atoms with Gasteiger partial charge in [-0.2, -0.15) is 0 Å². The first-order chi connectivity index (χ1) is 5.27. The number of fused-ring (bicyclic) bond motifs is 1. The summed E-state index contributed by atoms with van der Waals surface area (Å²) in [5.41, 5.74) is 10.0. The zero-order chi connectivity index (χ0) is 7.84. The molecule has 0 unspecified atom stereocenters. The fraction of sp³-hybridized carbons (Fsp3) is 0.400. The van der Waals surface area contributed by atoms with Crippen LogP contribution in [0.25, 0.3) is 0 Å². The van der Waals surface area contributed by atoms with Crippen LogP contribution in [0.3, 0.4) is 0 Å². The molecule has 2 rings (SSSR count). The van der Waals surface area contributed by atoms with Gasteiger partial charge < -0.3 is 5.73 Å². The monoisotopic (exact) mass is 147 g/mol. The van der Waals surface area contributed by atoms with E-state index in [1.54, 1.807) is 0 Å². The summed E-state index contributed by atoms with van der Waals surface area (Å²) in [7, 11) is 0. The Labute approximate surface area is 67.2 Å². The second kappa shape index (κ2) is 2.35. The van der Waals surface area contributed by atoms with Gasteiger partial charge in [0.05, 0.1) is 0 Å². The largest absolute Gasteiger partial charge is 0.324 e. The van der Waals surface area contributed by atoms with Gasteiger partial charge in [-0.1, -0.05) is 23.8 Å². The van der Waals surface area contributed by atoms with E-state index in [-0.39, 0.29) is 0 Å². The highest BCUT2D eigenvalue weighted by molar-refractivity contribution is 5.37. The molecule has 1 aliphatic rings. The highest BCUT2D eigenvalue weighted by Crippen LogP contribution is 2.29. The third kappa shape index (κ3) is 1.05. The van der Waals surface area contributed by atoms with Crippen molar-refractivity contribution in [1.82, 2.24) is 0 Å². The van der Waals surface area contributed by atoms with Crippen LogP contribution in [-0.4, -0.2) is 0 Å². The van der Waals surface area contributed by atoms with Crippen molar-refractivity contribution in [3.63, 3.8) is 0 Å². The van der Waals surface area contributed by atoms with E-state index in [4.69, 9.17) is 5.73 Å². The molecule has 0 saturated heterocycles. The smallest absolute Gasteiger partial charge is 0.0300 e. The van der Waals surface area contributed by atoms with Crippen molar-refractivity contribution in [1.29, 1.82) is 0 Å². The summed E-state index contributed by atoms with van der Waals surface area (Å²) in [6.07, 6.45) is 2.29. The average Bonchev–Trinajstić information content (AvgIpc) is 2.33. The Bertz CT molecular complexity index is 278. The van der Waals surface area contributed by atoms with Crippen LogP contribution in [0.2, 0.25) is 0 Å². The van der Waals surface area contributed by atoms with Crippen LogP contribution in [0, 0.1) is 6.92 Å². The van der Waals surface area contributed by atoms with Gasteiger partial charge in [0, 0.05) is 6.04 Å². The summed E-state index contributed by atoms with van der Waals surface area (Å²) < 4.78 is 0. The number of benzene rings is 1. The molecule has 0 aliphatic heterocycles. The van der Waals surface area contributed by atoms with Gasteiger partial charge >= 0.3 is 0 Å². The third-order valence-corrected chi connectivity index (χ3v) is 2.43. The maximum atomic E-state index is 5.92. The molecule has 0 spiro atoms. The average molecular weight is 147 g/mol. The number of nitrogens with two attached hydrogens (primary N) is 1. The number of rotatable bonds is 0. The molecule has 0 fully saturated rings. The zero-order valence-electron chi connectivity index (χ0n) is 6.80. The first-order valence-corrected chi connectivity index (χ1v) is 4.12. The first-order valence-electron chi connectivity index (χ1n) is 4.12. The van der Waals surface area contributed by atoms with Crippen LogP contribution in [0.15, 0.2) is 18.2 Å². The quantitative estimate of drug-likeness (QED) is 0.596. The molecule has 11 heavy (non-hydrogen) atoms. The van der Waals surface area contributed by atoms with Gasteiger partial charge in [-0.3, -0.25) is 0 Å². The summed E-state index contributed by atoms with van der Waals surface area (Å²) in [4.78, 5) is 0. The normalized spacial score (nSPS) is 21.8. The molecular weight excluding hydrogens is 134 g/mol. The van der Waals surface area contributed by atoms with Gasteiger partial charge in [0.1, 0.15) is 0 Å². The third-order valence-electron chi connectivity index (χ3n) is 2.43. The van der Waals surface area contributed by atoms with Crippen LogP contribution in [0.1, 0.15) is 29.2 Å². The fourth-order valence-corrected chi connectivity index (χ4v) is 1.75. The van der Waals surface area contributed by atoms with Gasteiger partial charge in [0.15, 0.2) is 0 Å². The van der Waals surface area contributed by atoms with Crippen molar-refractivity contribution in [2.75, 3.05) is 0 Å². The van der Waals surface area contributed by atoms with Crippen molar-refractivity contribution < 1.29 is 0 Å². The molecule has 58 valence electrons. The molecule has 0 radical (unpaired) electrons. The van der Waals surface area contributed by atoms with E-state index >= 15 is 0 Å². The van der Waals surface area contributed by atoms with Crippen LogP contribution in [0.5, 0.6) is 0 Å². The molecule has 0 amide bonds. The first kappa shape index (κ1) is 6.86. The Balaban J connectivity index is 2.52. The lowest BCUT2D eigenvalue weighted by atomic mass is 10.1. The van der Waals surface area contributed by atoms with E-state index in [0.717, 1.165) is 12.8 Å². The Morgan fingerprint density at radius 1 is 1.45 bits per heavy atom. The Morgan fingerprint density at radius 3 is 3.09 bits per heavy atom. The second-order valence-electron chi connectivity index (χ2n) is 3.35. The number of hydrogen-bond donors (Lipinski definition) is 1. The summed E-state index contributed by atoms with van der Waals surface area (Å²) in [5.74, 6) is 0. The van der Waals surface area contributed by atoms with Crippen LogP contribution >= 0.6 is 0 Å². The highest BCUT2D eigenvalue weighted by atomic mass is 14.6. The number of hydrogen-bond acceptors (Lipinski definition) is 1. The lowest BCUT2D eigenvalue weighted by molar-refractivity contribution is 0.713. The van der Waals surface area contributed by atoms with Gasteiger partial charge in [-0.05, 0) is 30.9 Å². The topological polar surface area (TPSA) is 26.0 Å². The maximum Gasteiger partial charge on any atom is 0.0300 e. The molecule has 1 nitrogen and oxygen atoms in total. The minimum absolute atomic E-state index is 0.296. The minimum Gasteiger partial charge on any atom is -0.324 e. The highest BCUT2D eigenvalue weighted by Gasteiger charge is 2.17. The number of aryl methyl sites for hydroxylation is 2. The Kier molecular flexibility index (Phi) is 1.46. The van der Waals surface area contributed by atoms with E-state index in [1.807, 2.05) is 0 Å². The molecule has 1 aromatic rings. The minimum atomic E-state index is 0.296. The van der Waals surface area contributed by atoms with E-state index in [9.17, 15) is 0 Å². The van der Waals surface area contributed by atoms with E-state index < -0.39 is 0 Å². The van der Waals surface area contributed by atoms with Crippen molar-refractivity contribution in [3.05, 3.63) is 34.9 Å². The molecule has 1 atom stereocenters. The fourth-order valence-electron chi connectivity index (χ4n) is 1.75. The van der Waals surface area contributed by atoms with Gasteiger partial charge in [-0.15, -0.1) is 0 Å². The van der Waals surface area contributed by atoms with Crippen LogP contribution in [0.4, 0.5) is 0 Å². The molecule has 1 aromatic carbocycles. The molecule has 0 saturated carbocycles. The molecule has 1 heteroatoms. The molecule has 1 aliphatic carbocycles. The lowest BCUT2D eigenvalue weighted by Gasteiger charge is -2.04. The van der Waals surface area contributed by atoms with Crippen LogP contribution < -0.4 is 5.73 Å². The zero-order valence-corrected chi connectivity index (χ0v) is 6.80. The van der Waals surface area contributed by atoms with Crippen molar-refractivity contribution >= 4 is 0 Å². The standard InChI is InChI=1S/C10H13N/c1-7-2-3-8-4-5-10(11)9(8)6-7/h2-3,6,10H,4-5,11H2,1H3/t10-/m1/s1. The van der Waals surface area contributed by atoms with E-state index in [1.165, 1.54) is 16.7 Å². The van der Waals surface area contributed by atoms with Crippen molar-refractivity contribution in [2.24, 2.45) is 5.73 Å². The van der Waals surface area contributed by atoms with E-state index in [0.29, 0.717) is 6.04 Å². The lowest BCUT2D eigenvalue weighted by Crippen LogP contribution is -2.05. The SMILES string of the molecule is Cc1ccc2c(c1)[C@H](N)CC2. The van der Waals surface area contributed by atoms with Gasteiger partial charge in [0.2, 0.25) is 0 Å². The molecule has 0 bridgehead atoms. The molecule has 0 heterocycles. The molecule has 0 aromatic heterocycles. The maximum absolute atomic E-state index is 5.92. The predicted molar refractivity (Wildman–Crippen MR) is 46.4 cm³/mol.